The topological polar surface area (TPSA) is 49.3 Å². The molecule has 1 atom stereocenters. The third kappa shape index (κ3) is 5.89. The van der Waals surface area contributed by atoms with Crippen molar-refractivity contribution in [3.05, 3.63) is 11.6 Å². The molecule has 0 fully saturated rings. The summed E-state index contributed by atoms with van der Waals surface area (Å²) in [6.07, 6.45) is 1.81. The van der Waals surface area contributed by atoms with E-state index < -0.39 is 6.10 Å². The van der Waals surface area contributed by atoms with Gasteiger partial charge in [0.1, 0.15) is 0 Å². The fourth-order valence-electron chi connectivity index (χ4n) is 1.27. The quantitative estimate of drug-likeness (QED) is 0.630. The van der Waals surface area contributed by atoms with Crippen LogP contribution in [-0.4, -0.2) is 30.6 Å². The minimum atomic E-state index is -0.572. The van der Waals surface area contributed by atoms with Gasteiger partial charge in [0.15, 0.2) is 5.78 Å². The van der Waals surface area contributed by atoms with Gasteiger partial charge in [-0.05, 0) is 38.0 Å². The third-order valence-electron chi connectivity index (χ3n) is 1.89. The molecule has 0 unspecified atom stereocenters. The van der Waals surface area contributed by atoms with E-state index in [1.54, 1.807) is 20.0 Å². The molecule has 0 radical (unpaired) electrons. The molecule has 0 spiro atoms. The van der Waals surface area contributed by atoms with Crippen LogP contribution in [0, 0.1) is 5.92 Å². The summed E-state index contributed by atoms with van der Waals surface area (Å²) in [4.78, 5) is 11.2. The van der Waals surface area contributed by atoms with Crippen molar-refractivity contribution in [2.75, 3.05) is 13.6 Å². The van der Waals surface area contributed by atoms with Gasteiger partial charge in [0.2, 0.25) is 0 Å². The van der Waals surface area contributed by atoms with Crippen LogP contribution in [0.3, 0.4) is 0 Å². The summed E-state index contributed by atoms with van der Waals surface area (Å²) in [6, 6.07) is 0. The molecule has 0 heterocycles. The lowest BCUT2D eigenvalue weighted by Crippen LogP contribution is -2.22. The van der Waals surface area contributed by atoms with Gasteiger partial charge in [-0.15, -0.1) is 0 Å². The zero-order valence-electron chi connectivity index (χ0n) is 9.50. The number of likely N-dealkylation sites (N-methyl/N-ethyl adjacent to an activating group) is 1. The Morgan fingerprint density at radius 1 is 1.50 bits per heavy atom. The second-order valence-corrected chi connectivity index (χ2v) is 3.97. The molecule has 0 aliphatic rings. The molecule has 2 N–H and O–H groups in total. The lowest BCUT2D eigenvalue weighted by atomic mass is 9.99. The normalized spacial score (nSPS) is 14.6. The molecule has 0 saturated carbocycles. The summed E-state index contributed by atoms with van der Waals surface area (Å²) in [6.45, 7) is 6.14. The van der Waals surface area contributed by atoms with E-state index in [0.717, 1.165) is 12.0 Å². The zero-order chi connectivity index (χ0) is 11.1. The van der Waals surface area contributed by atoms with E-state index in [2.05, 4.69) is 19.2 Å². The Balaban J connectivity index is 4.39. The standard InChI is InChI=1S/C11H21NO2/c1-8(2)5-10(9(3)13)6-11(14)7-12-4/h6,8,11-12,14H,5,7H2,1-4H3/b10-6+/t11-/m1/s1. The number of aliphatic hydroxyl groups is 1. The van der Waals surface area contributed by atoms with Crippen molar-refractivity contribution in [1.29, 1.82) is 0 Å². The van der Waals surface area contributed by atoms with E-state index in [1.807, 2.05) is 0 Å². The van der Waals surface area contributed by atoms with Gasteiger partial charge < -0.3 is 10.4 Å². The van der Waals surface area contributed by atoms with Crippen LogP contribution >= 0.6 is 0 Å². The fraction of sp³-hybridized carbons (Fsp3) is 0.727. The van der Waals surface area contributed by atoms with E-state index in [9.17, 15) is 9.90 Å². The molecule has 0 saturated heterocycles. The van der Waals surface area contributed by atoms with Crippen molar-refractivity contribution < 1.29 is 9.90 Å². The highest BCUT2D eigenvalue weighted by molar-refractivity contribution is 5.93. The van der Waals surface area contributed by atoms with Gasteiger partial charge in [0.05, 0.1) is 6.10 Å². The van der Waals surface area contributed by atoms with Crippen LogP contribution in [0.15, 0.2) is 11.6 Å². The maximum Gasteiger partial charge on any atom is 0.155 e. The highest BCUT2D eigenvalue weighted by Crippen LogP contribution is 2.12. The van der Waals surface area contributed by atoms with Gasteiger partial charge >= 0.3 is 0 Å². The van der Waals surface area contributed by atoms with Gasteiger partial charge in [-0.25, -0.2) is 0 Å². The summed E-state index contributed by atoms with van der Waals surface area (Å²) < 4.78 is 0. The molecule has 0 bridgehead atoms. The molecular formula is C11H21NO2. The average molecular weight is 199 g/mol. The highest BCUT2D eigenvalue weighted by Gasteiger charge is 2.09. The molecule has 3 heteroatoms. The Hall–Kier alpha value is -0.670. The summed E-state index contributed by atoms with van der Waals surface area (Å²) in [5.74, 6) is 0.487. The van der Waals surface area contributed by atoms with Gasteiger partial charge in [-0.2, -0.15) is 0 Å². The van der Waals surface area contributed by atoms with Gasteiger partial charge in [0.25, 0.3) is 0 Å². The predicted molar refractivity (Wildman–Crippen MR) is 58.2 cm³/mol. The number of nitrogens with one attached hydrogen (secondary N) is 1. The molecule has 0 aliphatic heterocycles. The molecule has 82 valence electrons. The number of rotatable bonds is 6. The lowest BCUT2D eigenvalue weighted by Gasteiger charge is -2.10. The third-order valence-corrected chi connectivity index (χ3v) is 1.89. The summed E-state index contributed by atoms with van der Waals surface area (Å²) >= 11 is 0. The number of hydrogen-bond acceptors (Lipinski definition) is 3. The van der Waals surface area contributed by atoms with E-state index in [-0.39, 0.29) is 5.78 Å². The van der Waals surface area contributed by atoms with Crippen LogP contribution in [0.1, 0.15) is 27.2 Å². The number of aliphatic hydroxyl groups excluding tert-OH is 1. The summed E-state index contributed by atoms with van der Waals surface area (Å²) in [5.41, 5.74) is 0.725. The predicted octanol–water partition coefficient (Wildman–Crippen LogP) is 1.13. The number of carbonyl (C=O) groups is 1. The van der Waals surface area contributed by atoms with E-state index in [4.69, 9.17) is 0 Å². The van der Waals surface area contributed by atoms with E-state index in [0.29, 0.717) is 12.5 Å². The van der Waals surface area contributed by atoms with Crippen LogP contribution < -0.4 is 5.32 Å². The Morgan fingerprint density at radius 2 is 2.07 bits per heavy atom. The molecular weight excluding hydrogens is 178 g/mol. The number of carbonyl (C=O) groups excluding carboxylic acids is 1. The number of ketones is 1. The van der Waals surface area contributed by atoms with Crippen LogP contribution in [0.5, 0.6) is 0 Å². The first kappa shape index (κ1) is 13.3. The van der Waals surface area contributed by atoms with Crippen molar-refractivity contribution in [1.82, 2.24) is 5.32 Å². The first-order chi connectivity index (χ1) is 6.47. The summed E-state index contributed by atoms with van der Waals surface area (Å²) in [7, 11) is 1.77. The molecule has 3 nitrogen and oxygen atoms in total. The lowest BCUT2D eigenvalue weighted by molar-refractivity contribution is -0.113. The summed E-state index contributed by atoms with van der Waals surface area (Å²) in [5, 5.41) is 12.3. The van der Waals surface area contributed by atoms with Crippen LogP contribution in [0.2, 0.25) is 0 Å². The number of hydrogen-bond donors (Lipinski definition) is 2. The Bertz CT molecular complexity index is 209. The average Bonchev–Trinajstić information content (AvgIpc) is 2.02. The SMILES string of the molecule is CNC[C@H](O)/C=C(\CC(C)C)C(C)=O. The van der Waals surface area contributed by atoms with Crippen molar-refractivity contribution >= 4 is 5.78 Å². The van der Waals surface area contributed by atoms with Crippen molar-refractivity contribution in [3.63, 3.8) is 0 Å². The Kier molecular flexibility index (Phi) is 6.41. The second-order valence-electron chi connectivity index (χ2n) is 3.97. The van der Waals surface area contributed by atoms with Crippen molar-refractivity contribution in [3.8, 4) is 0 Å². The smallest absolute Gasteiger partial charge is 0.155 e. The zero-order valence-corrected chi connectivity index (χ0v) is 9.50. The van der Waals surface area contributed by atoms with Crippen LogP contribution in [0.25, 0.3) is 0 Å². The number of allylic oxidation sites excluding steroid dienone is 1. The van der Waals surface area contributed by atoms with Crippen LogP contribution in [0.4, 0.5) is 0 Å². The largest absolute Gasteiger partial charge is 0.388 e. The molecule has 0 rings (SSSR count). The Morgan fingerprint density at radius 3 is 2.43 bits per heavy atom. The van der Waals surface area contributed by atoms with Crippen molar-refractivity contribution in [2.24, 2.45) is 5.92 Å². The van der Waals surface area contributed by atoms with Gasteiger partial charge in [-0.1, -0.05) is 13.8 Å². The minimum Gasteiger partial charge on any atom is -0.388 e. The van der Waals surface area contributed by atoms with Crippen LogP contribution in [-0.2, 0) is 4.79 Å². The first-order valence-electron chi connectivity index (χ1n) is 5.01. The molecule has 0 aliphatic carbocycles. The molecule has 0 amide bonds. The first-order valence-corrected chi connectivity index (χ1v) is 5.01. The molecule has 0 aromatic rings. The van der Waals surface area contributed by atoms with Gasteiger partial charge in [0, 0.05) is 6.54 Å². The fourth-order valence-corrected chi connectivity index (χ4v) is 1.27. The van der Waals surface area contributed by atoms with Crippen molar-refractivity contribution in [2.45, 2.75) is 33.3 Å². The minimum absolute atomic E-state index is 0.0499. The second kappa shape index (κ2) is 6.74. The maximum atomic E-state index is 11.2. The highest BCUT2D eigenvalue weighted by atomic mass is 16.3. The molecule has 0 aromatic carbocycles. The van der Waals surface area contributed by atoms with E-state index in [1.165, 1.54) is 0 Å². The maximum absolute atomic E-state index is 11.2. The monoisotopic (exact) mass is 199 g/mol. The van der Waals surface area contributed by atoms with E-state index >= 15 is 0 Å². The molecule has 0 aromatic heterocycles. The molecule has 14 heavy (non-hydrogen) atoms. The van der Waals surface area contributed by atoms with Gasteiger partial charge in [-0.3, -0.25) is 4.79 Å². The number of Topliss-reactive ketones (excluding diaryl/α,β-unsaturated/α-hetero) is 1. The Labute approximate surface area is 86.2 Å².